The molecule has 0 saturated carbocycles. The molecule has 1 aromatic rings. The molecule has 0 fully saturated rings. The van der Waals surface area contributed by atoms with Gasteiger partial charge in [-0.1, -0.05) is 6.92 Å². The van der Waals surface area contributed by atoms with Gasteiger partial charge in [0.1, 0.15) is 5.82 Å². The molecule has 13 heavy (non-hydrogen) atoms. The molecular formula is C6H12N4O2S. The summed E-state index contributed by atoms with van der Waals surface area (Å²) in [4.78, 5) is 0. The Balaban J connectivity index is 3.14. The van der Waals surface area contributed by atoms with Crippen molar-refractivity contribution in [2.75, 3.05) is 0 Å². The van der Waals surface area contributed by atoms with E-state index in [1.54, 1.807) is 7.05 Å². The highest BCUT2D eigenvalue weighted by Crippen LogP contribution is 2.05. The molecule has 2 N–H and O–H groups in total. The van der Waals surface area contributed by atoms with Crippen LogP contribution in [-0.2, 0) is 23.5 Å². The second kappa shape index (κ2) is 3.43. The Labute approximate surface area is 76.8 Å². The van der Waals surface area contributed by atoms with Crippen molar-refractivity contribution in [2.24, 2.45) is 12.2 Å². The largest absolute Gasteiger partial charge is 0.304 e. The molecule has 7 heteroatoms. The second-order valence-corrected chi connectivity index (χ2v) is 4.21. The van der Waals surface area contributed by atoms with Crippen LogP contribution in [-0.4, -0.2) is 23.2 Å². The van der Waals surface area contributed by atoms with E-state index in [-0.39, 0.29) is 5.16 Å². The van der Waals surface area contributed by atoms with Crippen molar-refractivity contribution in [1.82, 2.24) is 14.8 Å². The Hall–Kier alpha value is -0.950. The summed E-state index contributed by atoms with van der Waals surface area (Å²) in [5.74, 6) is 0.631. The van der Waals surface area contributed by atoms with Crippen molar-refractivity contribution in [3.8, 4) is 0 Å². The van der Waals surface area contributed by atoms with Gasteiger partial charge in [0.2, 0.25) is 0 Å². The molecular weight excluding hydrogens is 192 g/mol. The molecule has 0 saturated heterocycles. The Kier molecular flexibility index (Phi) is 2.67. The summed E-state index contributed by atoms with van der Waals surface area (Å²) in [7, 11) is -2.15. The fraction of sp³-hybridized carbons (Fsp3) is 0.667. The predicted octanol–water partition coefficient (Wildman–Crippen LogP) is -0.585. The summed E-state index contributed by atoms with van der Waals surface area (Å²) in [5.41, 5.74) is 0. The summed E-state index contributed by atoms with van der Waals surface area (Å²) in [6.07, 6.45) is 1.58. The number of aryl methyl sites for hydroxylation is 1. The van der Waals surface area contributed by atoms with Gasteiger partial charge in [-0.15, -0.1) is 10.2 Å². The van der Waals surface area contributed by atoms with Gasteiger partial charge in [0.15, 0.2) is 0 Å². The van der Waals surface area contributed by atoms with Crippen molar-refractivity contribution in [3.63, 3.8) is 0 Å². The maximum absolute atomic E-state index is 10.9. The molecule has 0 radical (unpaired) electrons. The lowest BCUT2D eigenvalue weighted by Crippen LogP contribution is -2.17. The fourth-order valence-corrected chi connectivity index (χ4v) is 1.68. The van der Waals surface area contributed by atoms with Crippen LogP contribution >= 0.6 is 0 Å². The van der Waals surface area contributed by atoms with E-state index in [2.05, 4.69) is 10.2 Å². The lowest BCUT2D eigenvalue weighted by molar-refractivity contribution is 0.577. The van der Waals surface area contributed by atoms with Crippen LogP contribution in [0, 0.1) is 0 Å². The SMILES string of the molecule is CCCc1nnc(S(N)(=O)=O)n1C. The third-order valence-electron chi connectivity index (χ3n) is 1.65. The topological polar surface area (TPSA) is 90.9 Å². The molecule has 0 bridgehead atoms. The van der Waals surface area contributed by atoms with Crippen molar-refractivity contribution in [1.29, 1.82) is 0 Å². The van der Waals surface area contributed by atoms with Gasteiger partial charge in [0.25, 0.3) is 15.2 Å². The van der Waals surface area contributed by atoms with E-state index in [1.807, 2.05) is 6.92 Å². The first-order chi connectivity index (χ1) is 5.96. The zero-order chi connectivity index (χ0) is 10.1. The maximum Gasteiger partial charge on any atom is 0.273 e. The van der Waals surface area contributed by atoms with Crippen molar-refractivity contribution in [3.05, 3.63) is 5.82 Å². The number of nitrogens with two attached hydrogens (primary N) is 1. The normalized spacial score (nSPS) is 11.9. The summed E-state index contributed by atoms with van der Waals surface area (Å²) >= 11 is 0. The van der Waals surface area contributed by atoms with Crippen molar-refractivity contribution in [2.45, 2.75) is 24.9 Å². The highest BCUT2D eigenvalue weighted by Gasteiger charge is 2.17. The highest BCUT2D eigenvalue weighted by molar-refractivity contribution is 7.89. The summed E-state index contributed by atoms with van der Waals surface area (Å²) < 4.78 is 23.3. The molecule has 74 valence electrons. The molecule has 1 rings (SSSR count). The van der Waals surface area contributed by atoms with Crippen LogP contribution in [0.3, 0.4) is 0 Å². The molecule has 0 unspecified atom stereocenters. The summed E-state index contributed by atoms with van der Waals surface area (Å²) in [6.45, 7) is 1.98. The first-order valence-corrected chi connectivity index (χ1v) is 5.42. The van der Waals surface area contributed by atoms with Crippen LogP contribution in [0.5, 0.6) is 0 Å². The first kappa shape index (κ1) is 10.1. The van der Waals surface area contributed by atoms with Gasteiger partial charge in [-0.05, 0) is 6.42 Å². The predicted molar refractivity (Wildman–Crippen MR) is 46.4 cm³/mol. The van der Waals surface area contributed by atoms with E-state index in [0.29, 0.717) is 12.2 Å². The molecule has 6 nitrogen and oxygen atoms in total. The number of primary sulfonamides is 1. The van der Waals surface area contributed by atoms with Crippen LogP contribution in [0.25, 0.3) is 0 Å². The quantitative estimate of drug-likeness (QED) is 0.712. The average molecular weight is 204 g/mol. The van der Waals surface area contributed by atoms with Gasteiger partial charge in [-0.2, -0.15) is 0 Å². The van der Waals surface area contributed by atoms with Gasteiger partial charge < -0.3 is 4.57 Å². The smallest absolute Gasteiger partial charge is 0.273 e. The van der Waals surface area contributed by atoms with Crippen LogP contribution in [0.1, 0.15) is 19.2 Å². The second-order valence-electron chi connectivity index (χ2n) is 2.75. The lowest BCUT2D eigenvalue weighted by atomic mass is 10.3. The van der Waals surface area contributed by atoms with Crippen molar-refractivity contribution >= 4 is 10.0 Å². The van der Waals surface area contributed by atoms with Crippen LogP contribution < -0.4 is 5.14 Å². The molecule has 0 spiro atoms. The zero-order valence-corrected chi connectivity index (χ0v) is 8.37. The maximum atomic E-state index is 10.9. The van der Waals surface area contributed by atoms with E-state index in [1.165, 1.54) is 4.57 Å². The summed E-state index contributed by atoms with van der Waals surface area (Å²) in [6, 6.07) is 0. The third-order valence-corrected chi connectivity index (χ3v) is 2.52. The number of sulfonamides is 1. The molecule has 0 aliphatic heterocycles. The average Bonchev–Trinajstić information content (AvgIpc) is 2.32. The number of hydrogen-bond donors (Lipinski definition) is 1. The first-order valence-electron chi connectivity index (χ1n) is 3.88. The molecule has 1 heterocycles. The van der Waals surface area contributed by atoms with Gasteiger partial charge in [-0.25, -0.2) is 13.6 Å². The van der Waals surface area contributed by atoms with Gasteiger partial charge >= 0.3 is 0 Å². The minimum absolute atomic E-state index is 0.184. The molecule has 0 aliphatic rings. The minimum atomic E-state index is -3.74. The number of rotatable bonds is 3. The Morgan fingerprint density at radius 1 is 1.46 bits per heavy atom. The Morgan fingerprint density at radius 2 is 2.08 bits per heavy atom. The van der Waals surface area contributed by atoms with E-state index < -0.39 is 10.0 Å². The van der Waals surface area contributed by atoms with E-state index in [4.69, 9.17) is 5.14 Å². The lowest BCUT2D eigenvalue weighted by Gasteiger charge is -1.99. The molecule has 0 atom stereocenters. The van der Waals surface area contributed by atoms with Gasteiger partial charge in [0.05, 0.1) is 0 Å². The van der Waals surface area contributed by atoms with E-state index >= 15 is 0 Å². The minimum Gasteiger partial charge on any atom is -0.304 e. The zero-order valence-electron chi connectivity index (χ0n) is 7.56. The fourth-order valence-electron chi connectivity index (χ4n) is 1.03. The number of hydrogen-bond acceptors (Lipinski definition) is 4. The van der Waals surface area contributed by atoms with Crippen molar-refractivity contribution < 1.29 is 8.42 Å². The van der Waals surface area contributed by atoms with Crippen LogP contribution in [0.4, 0.5) is 0 Å². The van der Waals surface area contributed by atoms with Crippen LogP contribution in [0.15, 0.2) is 5.16 Å². The highest BCUT2D eigenvalue weighted by atomic mass is 32.2. The van der Waals surface area contributed by atoms with E-state index in [0.717, 1.165) is 6.42 Å². The van der Waals surface area contributed by atoms with E-state index in [9.17, 15) is 8.42 Å². The molecule has 0 aliphatic carbocycles. The third kappa shape index (κ3) is 2.04. The number of nitrogens with zero attached hydrogens (tertiary/aromatic N) is 3. The van der Waals surface area contributed by atoms with Crippen LogP contribution in [0.2, 0.25) is 0 Å². The summed E-state index contributed by atoms with van der Waals surface area (Å²) in [5, 5.41) is 12.0. The molecule has 1 aromatic heterocycles. The molecule has 0 amide bonds. The standard InChI is InChI=1S/C6H12N4O2S/c1-3-4-5-8-9-6(10(5)2)13(7,11)12/h3-4H2,1-2H3,(H2,7,11,12). The monoisotopic (exact) mass is 204 g/mol. The molecule has 0 aromatic carbocycles. The Morgan fingerprint density at radius 3 is 2.46 bits per heavy atom. The Bertz CT molecular complexity index is 395. The number of aromatic nitrogens is 3. The van der Waals surface area contributed by atoms with Gasteiger partial charge in [-0.3, -0.25) is 0 Å². The van der Waals surface area contributed by atoms with Gasteiger partial charge in [0, 0.05) is 13.5 Å².